The lowest BCUT2D eigenvalue weighted by Gasteiger charge is -2.12. The van der Waals surface area contributed by atoms with E-state index in [0.29, 0.717) is 30.5 Å². The van der Waals surface area contributed by atoms with Gasteiger partial charge >= 0.3 is 0 Å². The first-order chi connectivity index (χ1) is 10.3. The van der Waals surface area contributed by atoms with Gasteiger partial charge in [0.15, 0.2) is 11.6 Å². The average molecular weight is 291 g/mol. The third-order valence-corrected chi connectivity index (χ3v) is 2.93. The molecule has 0 radical (unpaired) electrons. The third-order valence-electron chi connectivity index (χ3n) is 2.93. The lowest BCUT2D eigenvalue weighted by Crippen LogP contribution is -2.14. The Bertz CT molecular complexity index is 529. The minimum atomic E-state index is 0.524. The van der Waals surface area contributed by atoms with Gasteiger partial charge in [0.1, 0.15) is 12.0 Å². The van der Waals surface area contributed by atoms with E-state index in [1.807, 2.05) is 10.8 Å². The Kier molecular flexibility index (Phi) is 5.77. The first-order valence-electron chi connectivity index (χ1n) is 6.84. The zero-order valence-corrected chi connectivity index (χ0v) is 12.1. The van der Waals surface area contributed by atoms with Crippen molar-refractivity contribution >= 4 is 17.3 Å². The van der Waals surface area contributed by atoms with E-state index < -0.39 is 0 Å². The van der Waals surface area contributed by atoms with E-state index in [2.05, 4.69) is 25.6 Å². The summed E-state index contributed by atoms with van der Waals surface area (Å²) in [7, 11) is 1.65. The molecule has 0 aliphatic rings. The lowest BCUT2D eigenvalue weighted by molar-refractivity contribution is 0.210. The SMILES string of the molecule is COCCNc1ncnc(NCCCn2ccnc2)c1N. The van der Waals surface area contributed by atoms with Crippen LogP contribution in [0.1, 0.15) is 6.42 Å². The fourth-order valence-corrected chi connectivity index (χ4v) is 1.84. The van der Waals surface area contributed by atoms with E-state index in [4.69, 9.17) is 10.5 Å². The van der Waals surface area contributed by atoms with E-state index in [9.17, 15) is 0 Å². The molecule has 2 aromatic rings. The summed E-state index contributed by atoms with van der Waals surface area (Å²) in [6, 6.07) is 0. The first kappa shape index (κ1) is 15.0. The summed E-state index contributed by atoms with van der Waals surface area (Å²) >= 11 is 0. The molecule has 0 spiro atoms. The van der Waals surface area contributed by atoms with Crippen LogP contribution in [0.4, 0.5) is 17.3 Å². The fraction of sp³-hybridized carbons (Fsp3) is 0.462. The molecular weight excluding hydrogens is 270 g/mol. The molecule has 0 aromatic carbocycles. The van der Waals surface area contributed by atoms with Crippen molar-refractivity contribution in [1.29, 1.82) is 0 Å². The van der Waals surface area contributed by atoms with Gasteiger partial charge in [-0.25, -0.2) is 15.0 Å². The summed E-state index contributed by atoms with van der Waals surface area (Å²) in [6.07, 6.45) is 7.96. The molecule has 0 aliphatic carbocycles. The number of nitrogen functional groups attached to an aromatic ring is 1. The van der Waals surface area contributed by atoms with E-state index in [1.54, 1.807) is 19.6 Å². The number of nitrogens with two attached hydrogens (primary N) is 1. The number of aryl methyl sites for hydroxylation is 1. The molecule has 21 heavy (non-hydrogen) atoms. The molecule has 8 heteroatoms. The Morgan fingerprint density at radius 1 is 1.24 bits per heavy atom. The minimum Gasteiger partial charge on any atom is -0.393 e. The predicted molar refractivity (Wildman–Crippen MR) is 82.1 cm³/mol. The number of rotatable bonds is 9. The highest BCUT2D eigenvalue weighted by Gasteiger charge is 2.06. The first-order valence-corrected chi connectivity index (χ1v) is 6.84. The smallest absolute Gasteiger partial charge is 0.154 e. The van der Waals surface area contributed by atoms with Crippen LogP contribution in [0.25, 0.3) is 0 Å². The van der Waals surface area contributed by atoms with Gasteiger partial charge in [-0.05, 0) is 6.42 Å². The third kappa shape index (κ3) is 4.60. The second-order valence-corrected chi connectivity index (χ2v) is 4.48. The van der Waals surface area contributed by atoms with Crippen LogP contribution in [0.5, 0.6) is 0 Å². The van der Waals surface area contributed by atoms with E-state index in [1.165, 1.54) is 6.33 Å². The van der Waals surface area contributed by atoms with Crippen LogP contribution < -0.4 is 16.4 Å². The molecule has 0 saturated carbocycles. The molecular formula is C13H21N7O. The Labute approximate surface area is 123 Å². The van der Waals surface area contributed by atoms with Crippen molar-refractivity contribution in [3.8, 4) is 0 Å². The number of hydrogen-bond acceptors (Lipinski definition) is 7. The Morgan fingerprint density at radius 2 is 2.00 bits per heavy atom. The Morgan fingerprint density at radius 3 is 2.67 bits per heavy atom. The number of nitrogens with one attached hydrogen (secondary N) is 2. The van der Waals surface area contributed by atoms with Gasteiger partial charge in [0.25, 0.3) is 0 Å². The molecule has 0 aliphatic heterocycles. The average Bonchev–Trinajstić information content (AvgIpc) is 3.00. The summed E-state index contributed by atoms with van der Waals surface area (Å²) in [6.45, 7) is 2.92. The number of nitrogens with zero attached hydrogens (tertiary/aromatic N) is 4. The summed E-state index contributed by atoms with van der Waals surface area (Å²) in [5.41, 5.74) is 6.56. The maximum atomic E-state index is 6.04. The van der Waals surface area contributed by atoms with Crippen LogP contribution in [0.3, 0.4) is 0 Å². The predicted octanol–water partition coefficient (Wildman–Crippen LogP) is 0.816. The van der Waals surface area contributed by atoms with Crippen LogP contribution in [-0.4, -0.2) is 46.3 Å². The highest BCUT2D eigenvalue weighted by atomic mass is 16.5. The highest BCUT2D eigenvalue weighted by molar-refractivity contribution is 5.73. The van der Waals surface area contributed by atoms with Crippen LogP contribution in [0.15, 0.2) is 25.0 Å². The Balaban J connectivity index is 1.80. The van der Waals surface area contributed by atoms with Crippen LogP contribution >= 0.6 is 0 Å². The second kappa shape index (κ2) is 8.05. The number of anilines is 3. The van der Waals surface area contributed by atoms with Gasteiger partial charge in [-0.1, -0.05) is 0 Å². The highest BCUT2D eigenvalue weighted by Crippen LogP contribution is 2.21. The summed E-state index contributed by atoms with van der Waals surface area (Å²) in [5.74, 6) is 1.27. The molecule has 0 fully saturated rings. The number of hydrogen-bond donors (Lipinski definition) is 3. The fourth-order valence-electron chi connectivity index (χ4n) is 1.84. The van der Waals surface area contributed by atoms with E-state index in [0.717, 1.165) is 19.5 Å². The van der Waals surface area contributed by atoms with Gasteiger partial charge in [-0.3, -0.25) is 0 Å². The van der Waals surface area contributed by atoms with Gasteiger partial charge in [0, 0.05) is 39.1 Å². The molecule has 0 amide bonds. The number of aromatic nitrogens is 4. The van der Waals surface area contributed by atoms with Crippen molar-refractivity contribution < 1.29 is 4.74 Å². The quantitative estimate of drug-likeness (QED) is 0.588. The summed E-state index contributed by atoms with van der Waals surface area (Å²) in [4.78, 5) is 12.3. The molecule has 0 bridgehead atoms. The molecule has 0 saturated heterocycles. The van der Waals surface area contributed by atoms with Crippen molar-refractivity contribution in [2.45, 2.75) is 13.0 Å². The minimum absolute atomic E-state index is 0.524. The molecule has 0 unspecified atom stereocenters. The van der Waals surface area contributed by atoms with Crippen molar-refractivity contribution in [2.24, 2.45) is 0 Å². The largest absolute Gasteiger partial charge is 0.393 e. The molecule has 4 N–H and O–H groups in total. The van der Waals surface area contributed by atoms with Crippen molar-refractivity contribution in [2.75, 3.05) is 43.2 Å². The maximum absolute atomic E-state index is 6.04. The van der Waals surface area contributed by atoms with Gasteiger partial charge in [0.05, 0.1) is 12.9 Å². The topological polar surface area (TPSA) is 103 Å². The standard InChI is InChI=1S/C13H21N7O/c1-21-8-5-17-13-11(14)12(18-9-19-13)16-3-2-6-20-7-4-15-10-20/h4,7,9-10H,2-3,5-6,8,14H2,1H3,(H2,16,17,18,19). The van der Waals surface area contributed by atoms with Crippen LogP contribution in [0.2, 0.25) is 0 Å². The van der Waals surface area contributed by atoms with E-state index in [-0.39, 0.29) is 0 Å². The number of methoxy groups -OCH3 is 1. The Hall–Kier alpha value is -2.35. The molecule has 8 nitrogen and oxygen atoms in total. The van der Waals surface area contributed by atoms with Crippen LogP contribution in [-0.2, 0) is 11.3 Å². The zero-order valence-electron chi connectivity index (χ0n) is 12.1. The van der Waals surface area contributed by atoms with Crippen molar-refractivity contribution in [1.82, 2.24) is 19.5 Å². The van der Waals surface area contributed by atoms with Gasteiger partial charge in [-0.15, -0.1) is 0 Å². The lowest BCUT2D eigenvalue weighted by atomic mass is 10.3. The normalized spacial score (nSPS) is 10.5. The van der Waals surface area contributed by atoms with Gasteiger partial charge in [0.2, 0.25) is 0 Å². The monoisotopic (exact) mass is 291 g/mol. The van der Waals surface area contributed by atoms with E-state index >= 15 is 0 Å². The molecule has 0 atom stereocenters. The van der Waals surface area contributed by atoms with Gasteiger partial charge < -0.3 is 25.7 Å². The van der Waals surface area contributed by atoms with Crippen LogP contribution in [0, 0.1) is 0 Å². The number of imidazole rings is 1. The van der Waals surface area contributed by atoms with Gasteiger partial charge in [-0.2, -0.15) is 0 Å². The zero-order chi connectivity index (χ0) is 14.9. The summed E-state index contributed by atoms with van der Waals surface area (Å²) in [5, 5.41) is 6.34. The second-order valence-electron chi connectivity index (χ2n) is 4.48. The molecule has 2 rings (SSSR count). The summed E-state index contributed by atoms with van der Waals surface area (Å²) < 4.78 is 7.01. The van der Waals surface area contributed by atoms with Crippen molar-refractivity contribution in [3.05, 3.63) is 25.0 Å². The molecule has 114 valence electrons. The molecule has 2 aromatic heterocycles. The molecule has 2 heterocycles. The maximum Gasteiger partial charge on any atom is 0.154 e. The van der Waals surface area contributed by atoms with Crippen molar-refractivity contribution in [3.63, 3.8) is 0 Å². The number of ether oxygens (including phenoxy) is 1.